The second-order valence-corrected chi connectivity index (χ2v) is 5.87. The van der Waals surface area contributed by atoms with Crippen LogP contribution in [0.2, 0.25) is 0 Å². The molecule has 0 aliphatic heterocycles. The van der Waals surface area contributed by atoms with Crippen molar-refractivity contribution in [2.45, 2.75) is 32.7 Å². The smallest absolute Gasteiger partial charge is 0.122 e. The van der Waals surface area contributed by atoms with Crippen molar-refractivity contribution in [3.8, 4) is 5.75 Å². The number of methoxy groups -OCH3 is 1. The summed E-state index contributed by atoms with van der Waals surface area (Å²) in [5.41, 5.74) is 6.65. The van der Waals surface area contributed by atoms with Gasteiger partial charge in [0.2, 0.25) is 0 Å². The Kier molecular flexibility index (Phi) is 4.19. The highest BCUT2D eigenvalue weighted by molar-refractivity contribution is 5.73. The largest absolute Gasteiger partial charge is 0.496 e. The molecule has 1 aliphatic carbocycles. The predicted molar refractivity (Wildman–Crippen MR) is 91.9 cm³/mol. The Hall–Kier alpha value is -2.22. The van der Waals surface area contributed by atoms with Gasteiger partial charge >= 0.3 is 0 Å². The quantitative estimate of drug-likeness (QED) is 0.880. The van der Waals surface area contributed by atoms with E-state index in [9.17, 15) is 0 Å². The third-order valence-electron chi connectivity index (χ3n) is 4.52. The van der Waals surface area contributed by atoms with Gasteiger partial charge in [-0.05, 0) is 49.5 Å². The van der Waals surface area contributed by atoms with Gasteiger partial charge in [-0.15, -0.1) is 0 Å². The summed E-state index contributed by atoms with van der Waals surface area (Å²) in [5.74, 6) is 1.01. The Morgan fingerprint density at radius 3 is 2.50 bits per heavy atom. The van der Waals surface area contributed by atoms with Crippen molar-refractivity contribution in [2.75, 3.05) is 7.11 Å². The van der Waals surface area contributed by atoms with E-state index < -0.39 is 0 Å². The number of nitrogens with one attached hydrogen (secondary N) is 1. The van der Waals surface area contributed by atoms with Gasteiger partial charge in [-0.25, -0.2) is 0 Å². The molecule has 114 valence electrons. The molecule has 0 aromatic heterocycles. The van der Waals surface area contributed by atoms with Crippen LogP contribution in [0.4, 0.5) is 0 Å². The first-order valence-corrected chi connectivity index (χ1v) is 7.88. The van der Waals surface area contributed by atoms with Crippen molar-refractivity contribution < 1.29 is 4.74 Å². The zero-order chi connectivity index (χ0) is 15.5. The first-order chi connectivity index (χ1) is 10.7. The van der Waals surface area contributed by atoms with E-state index >= 15 is 0 Å². The number of benzene rings is 2. The van der Waals surface area contributed by atoms with Crippen LogP contribution in [-0.2, 0) is 6.42 Å². The molecule has 0 heterocycles. The van der Waals surface area contributed by atoms with Crippen molar-refractivity contribution >= 4 is 5.57 Å². The van der Waals surface area contributed by atoms with E-state index in [-0.39, 0.29) is 0 Å². The molecule has 2 aromatic rings. The average molecular weight is 293 g/mol. The molecule has 2 heteroatoms. The standard InChI is InChI=1S/C20H23NO/c1-14-17-10-7-11-20(22-3)18(17)12-13-19(14)21-15(2)16-8-5-4-6-9-16/h4-11,15,21H,12-13H2,1-3H3/t15-/m1/s1. The van der Waals surface area contributed by atoms with Gasteiger partial charge in [0.1, 0.15) is 5.75 Å². The lowest BCUT2D eigenvalue weighted by molar-refractivity contribution is 0.408. The fourth-order valence-corrected chi connectivity index (χ4v) is 3.23. The minimum Gasteiger partial charge on any atom is -0.496 e. The molecule has 0 fully saturated rings. The minimum absolute atomic E-state index is 0.318. The lowest BCUT2D eigenvalue weighted by Crippen LogP contribution is -2.22. The average Bonchev–Trinajstić information content (AvgIpc) is 2.57. The van der Waals surface area contributed by atoms with Gasteiger partial charge in [-0.1, -0.05) is 42.5 Å². The van der Waals surface area contributed by atoms with Crippen molar-refractivity contribution in [1.82, 2.24) is 5.32 Å². The lowest BCUT2D eigenvalue weighted by Gasteiger charge is -2.26. The molecule has 0 amide bonds. The highest BCUT2D eigenvalue weighted by Gasteiger charge is 2.20. The number of hydrogen-bond donors (Lipinski definition) is 1. The summed E-state index contributed by atoms with van der Waals surface area (Å²) in [5, 5.41) is 3.70. The highest BCUT2D eigenvalue weighted by atomic mass is 16.5. The summed E-state index contributed by atoms with van der Waals surface area (Å²) in [6.45, 7) is 4.42. The van der Waals surface area contributed by atoms with Gasteiger partial charge in [0.25, 0.3) is 0 Å². The van der Waals surface area contributed by atoms with E-state index in [1.807, 2.05) is 0 Å². The Morgan fingerprint density at radius 1 is 1.00 bits per heavy atom. The van der Waals surface area contributed by atoms with E-state index in [1.54, 1.807) is 7.11 Å². The molecule has 2 nitrogen and oxygen atoms in total. The molecule has 0 saturated carbocycles. The minimum atomic E-state index is 0.318. The van der Waals surface area contributed by atoms with Crippen molar-refractivity contribution in [3.05, 3.63) is 70.9 Å². The second-order valence-electron chi connectivity index (χ2n) is 5.87. The lowest BCUT2D eigenvalue weighted by atomic mass is 9.88. The van der Waals surface area contributed by atoms with Crippen LogP contribution >= 0.6 is 0 Å². The van der Waals surface area contributed by atoms with Crippen molar-refractivity contribution in [2.24, 2.45) is 0 Å². The first kappa shape index (κ1) is 14.7. The molecule has 3 rings (SSSR count). The third kappa shape index (κ3) is 2.74. The van der Waals surface area contributed by atoms with Crippen LogP contribution in [-0.4, -0.2) is 7.11 Å². The number of fused-ring (bicyclic) bond motifs is 1. The Labute approximate surface area is 132 Å². The van der Waals surface area contributed by atoms with E-state index in [2.05, 4.69) is 67.7 Å². The SMILES string of the molecule is COc1cccc2c1CCC(N[C@H](C)c1ccccc1)=C2C. The fourth-order valence-electron chi connectivity index (χ4n) is 3.23. The van der Waals surface area contributed by atoms with Crippen LogP contribution < -0.4 is 10.1 Å². The molecule has 0 radical (unpaired) electrons. The number of rotatable bonds is 4. The first-order valence-electron chi connectivity index (χ1n) is 7.88. The molecule has 1 atom stereocenters. The summed E-state index contributed by atoms with van der Waals surface area (Å²) in [6.07, 6.45) is 2.07. The van der Waals surface area contributed by atoms with E-state index in [0.29, 0.717) is 6.04 Å². The molecule has 2 aromatic carbocycles. The van der Waals surface area contributed by atoms with Crippen LogP contribution in [0.1, 0.15) is 43.0 Å². The van der Waals surface area contributed by atoms with Crippen LogP contribution in [0.15, 0.2) is 54.2 Å². The molecule has 0 unspecified atom stereocenters. The molecule has 0 bridgehead atoms. The Balaban J connectivity index is 1.88. The summed E-state index contributed by atoms with van der Waals surface area (Å²) in [6, 6.07) is 17.2. The topological polar surface area (TPSA) is 21.3 Å². The van der Waals surface area contributed by atoms with E-state index in [4.69, 9.17) is 4.74 Å². The highest BCUT2D eigenvalue weighted by Crippen LogP contribution is 2.35. The molecule has 1 N–H and O–H groups in total. The maximum Gasteiger partial charge on any atom is 0.122 e. The summed E-state index contributed by atoms with van der Waals surface area (Å²) >= 11 is 0. The van der Waals surface area contributed by atoms with Gasteiger partial charge in [0.05, 0.1) is 7.11 Å². The van der Waals surface area contributed by atoms with Crippen molar-refractivity contribution in [3.63, 3.8) is 0 Å². The summed E-state index contributed by atoms with van der Waals surface area (Å²) in [4.78, 5) is 0. The molecular formula is C20H23NO. The van der Waals surface area contributed by atoms with E-state index in [0.717, 1.165) is 18.6 Å². The van der Waals surface area contributed by atoms with E-state index in [1.165, 1.54) is 28.0 Å². The van der Waals surface area contributed by atoms with Gasteiger partial charge in [0.15, 0.2) is 0 Å². The number of ether oxygens (including phenoxy) is 1. The maximum absolute atomic E-state index is 5.50. The number of allylic oxidation sites excluding steroid dienone is 2. The van der Waals surface area contributed by atoms with Gasteiger partial charge < -0.3 is 10.1 Å². The van der Waals surface area contributed by atoms with Gasteiger partial charge in [-0.3, -0.25) is 0 Å². The molecule has 1 aliphatic rings. The maximum atomic E-state index is 5.50. The Morgan fingerprint density at radius 2 is 1.77 bits per heavy atom. The van der Waals surface area contributed by atoms with Gasteiger partial charge in [0, 0.05) is 17.3 Å². The predicted octanol–water partition coefficient (Wildman–Crippen LogP) is 4.72. The normalized spacial score (nSPS) is 15.2. The van der Waals surface area contributed by atoms with Crippen LogP contribution in [0.5, 0.6) is 5.75 Å². The van der Waals surface area contributed by atoms with Crippen LogP contribution in [0.3, 0.4) is 0 Å². The number of hydrogen-bond acceptors (Lipinski definition) is 2. The zero-order valence-corrected chi connectivity index (χ0v) is 13.5. The van der Waals surface area contributed by atoms with Crippen LogP contribution in [0, 0.1) is 0 Å². The zero-order valence-electron chi connectivity index (χ0n) is 13.5. The van der Waals surface area contributed by atoms with Gasteiger partial charge in [-0.2, -0.15) is 0 Å². The van der Waals surface area contributed by atoms with Crippen molar-refractivity contribution in [1.29, 1.82) is 0 Å². The van der Waals surface area contributed by atoms with Crippen LogP contribution in [0.25, 0.3) is 5.57 Å². The third-order valence-corrected chi connectivity index (χ3v) is 4.52. The Bertz CT molecular complexity index is 688. The molecule has 22 heavy (non-hydrogen) atoms. The summed E-state index contributed by atoms with van der Waals surface area (Å²) < 4.78 is 5.50. The molecule has 0 spiro atoms. The second kappa shape index (κ2) is 6.27. The fraction of sp³-hybridized carbons (Fsp3) is 0.300. The molecular weight excluding hydrogens is 270 g/mol. The molecule has 0 saturated heterocycles. The monoisotopic (exact) mass is 293 g/mol. The summed E-state index contributed by atoms with van der Waals surface area (Å²) in [7, 11) is 1.75.